The number of aromatic nitrogens is 5. The molecular weight excluding hydrogens is 304 g/mol. The van der Waals surface area contributed by atoms with Crippen LogP contribution in [0.3, 0.4) is 0 Å². The van der Waals surface area contributed by atoms with Gasteiger partial charge in [0.15, 0.2) is 11.8 Å². The molecule has 8 heteroatoms. The van der Waals surface area contributed by atoms with E-state index in [1.54, 1.807) is 13.2 Å². The van der Waals surface area contributed by atoms with Crippen molar-refractivity contribution in [3.05, 3.63) is 54.1 Å². The second-order valence-electron chi connectivity index (χ2n) is 5.26. The maximum atomic E-state index is 4.24. The number of aryl methyl sites for hydroxylation is 1. The first kappa shape index (κ1) is 15.7. The SMILES string of the molecule is CN=C(NCc1cccc(-c2ncn[nH]2)c1)NCc1ccnn1C. The third kappa shape index (κ3) is 3.78. The fourth-order valence-electron chi connectivity index (χ4n) is 2.33. The third-order valence-electron chi connectivity index (χ3n) is 3.66. The molecule has 0 saturated carbocycles. The van der Waals surface area contributed by atoms with Crippen LogP contribution in [-0.2, 0) is 20.1 Å². The minimum Gasteiger partial charge on any atom is -0.352 e. The molecule has 0 aliphatic carbocycles. The van der Waals surface area contributed by atoms with E-state index in [0.29, 0.717) is 13.1 Å². The molecule has 0 fully saturated rings. The lowest BCUT2D eigenvalue weighted by Crippen LogP contribution is -2.36. The van der Waals surface area contributed by atoms with E-state index in [4.69, 9.17) is 0 Å². The van der Waals surface area contributed by atoms with E-state index in [1.165, 1.54) is 6.33 Å². The van der Waals surface area contributed by atoms with Crippen LogP contribution < -0.4 is 10.6 Å². The van der Waals surface area contributed by atoms with E-state index in [1.807, 2.05) is 29.9 Å². The largest absolute Gasteiger partial charge is 0.352 e. The average Bonchev–Trinajstić information content (AvgIpc) is 3.27. The number of nitrogens with one attached hydrogen (secondary N) is 3. The summed E-state index contributed by atoms with van der Waals surface area (Å²) in [6.45, 7) is 1.32. The summed E-state index contributed by atoms with van der Waals surface area (Å²) in [5.74, 6) is 1.50. The van der Waals surface area contributed by atoms with Gasteiger partial charge in [0.1, 0.15) is 6.33 Å². The van der Waals surface area contributed by atoms with Crippen molar-refractivity contribution in [2.75, 3.05) is 7.05 Å². The van der Waals surface area contributed by atoms with Crippen LogP contribution in [-0.4, -0.2) is 38.0 Å². The number of benzene rings is 1. The Bertz CT molecular complexity index is 803. The first-order valence-corrected chi connectivity index (χ1v) is 7.62. The number of aliphatic imine (C=N–C) groups is 1. The van der Waals surface area contributed by atoms with Gasteiger partial charge in [0.25, 0.3) is 0 Å². The lowest BCUT2D eigenvalue weighted by atomic mass is 10.1. The Labute approximate surface area is 140 Å². The Hall–Kier alpha value is -3.16. The van der Waals surface area contributed by atoms with Crippen molar-refractivity contribution < 1.29 is 0 Å². The van der Waals surface area contributed by atoms with Crippen molar-refractivity contribution in [2.24, 2.45) is 12.0 Å². The molecule has 124 valence electrons. The zero-order valence-corrected chi connectivity index (χ0v) is 13.7. The zero-order valence-electron chi connectivity index (χ0n) is 13.7. The highest BCUT2D eigenvalue weighted by Gasteiger charge is 2.04. The minimum absolute atomic E-state index is 0.660. The Morgan fingerprint density at radius 3 is 2.83 bits per heavy atom. The standard InChI is InChI=1S/C16H20N8/c1-17-16(19-10-14-6-7-22-24(14)2)18-9-12-4-3-5-13(8-12)15-20-11-21-23-15/h3-8,11H,9-10H2,1-2H3,(H2,17,18,19)(H,20,21,23). The monoisotopic (exact) mass is 324 g/mol. The molecule has 3 aromatic rings. The molecule has 0 radical (unpaired) electrons. The Balaban J connectivity index is 1.58. The summed E-state index contributed by atoms with van der Waals surface area (Å²) in [5.41, 5.74) is 3.22. The van der Waals surface area contributed by atoms with Crippen LogP contribution in [0.4, 0.5) is 0 Å². The van der Waals surface area contributed by atoms with Crippen molar-refractivity contribution in [3.63, 3.8) is 0 Å². The molecule has 1 aromatic carbocycles. The molecule has 3 rings (SSSR count). The Kier molecular flexibility index (Phi) is 4.85. The minimum atomic E-state index is 0.660. The van der Waals surface area contributed by atoms with E-state index in [2.05, 4.69) is 48.0 Å². The number of rotatable bonds is 5. The first-order valence-electron chi connectivity index (χ1n) is 7.62. The highest BCUT2D eigenvalue weighted by atomic mass is 15.3. The van der Waals surface area contributed by atoms with Gasteiger partial charge in [-0.25, -0.2) is 4.98 Å². The fourth-order valence-corrected chi connectivity index (χ4v) is 2.33. The average molecular weight is 324 g/mol. The Morgan fingerprint density at radius 1 is 1.25 bits per heavy atom. The molecule has 2 aromatic heterocycles. The van der Waals surface area contributed by atoms with Gasteiger partial charge in [0, 0.05) is 32.4 Å². The second kappa shape index (κ2) is 7.40. The van der Waals surface area contributed by atoms with Crippen LogP contribution >= 0.6 is 0 Å². The molecule has 0 aliphatic rings. The molecule has 8 nitrogen and oxygen atoms in total. The van der Waals surface area contributed by atoms with Gasteiger partial charge in [0.2, 0.25) is 0 Å². The molecule has 0 unspecified atom stereocenters. The molecule has 0 atom stereocenters. The summed E-state index contributed by atoms with van der Waals surface area (Å²) in [7, 11) is 3.67. The predicted octanol–water partition coefficient (Wildman–Crippen LogP) is 1.07. The summed E-state index contributed by atoms with van der Waals surface area (Å²) in [4.78, 5) is 8.41. The number of hydrogen-bond acceptors (Lipinski definition) is 4. The highest BCUT2D eigenvalue weighted by Crippen LogP contribution is 2.15. The van der Waals surface area contributed by atoms with Gasteiger partial charge in [-0.05, 0) is 17.7 Å². The van der Waals surface area contributed by atoms with Gasteiger partial charge in [-0.1, -0.05) is 18.2 Å². The molecule has 0 saturated heterocycles. The van der Waals surface area contributed by atoms with Gasteiger partial charge in [0.05, 0.1) is 12.2 Å². The van der Waals surface area contributed by atoms with Crippen LogP contribution in [0.5, 0.6) is 0 Å². The van der Waals surface area contributed by atoms with Crippen molar-refractivity contribution >= 4 is 5.96 Å². The van der Waals surface area contributed by atoms with Crippen LogP contribution in [0.25, 0.3) is 11.4 Å². The number of nitrogens with zero attached hydrogens (tertiary/aromatic N) is 5. The van der Waals surface area contributed by atoms with E-state index < -0.39 is 0 Å². The zero-order chi connectivity index (χ0) is 16.8. The molecule has 0 bridgehead atoms. The van der Waals surface area contributed by atoms with E-state index in [9.17, 15) is 0 Å². The summed E-state index contributed by atoms with van der Waals surface area (Å²) < 4.78 is 1.83. The lowest BCUT2D eigenvalue weighted by Gasteiger charge is -2.12. The highest BCUT2D eigenvalue weighted by molar-refractivity contribution is 5.79. The normalized spacial score (nSPS) is 11.5. The van der Waals surface area contributed by atoms with Crippen molar-refractivity contribution in [2.45, 2.75) is 13.1 Å². The number of guanidine groups is 1. The summed E-state index contributed by atoms with van der Waals surface area (Å²) in [6, 6.07) is 10.1. The lowest BCUT2D eigenvalue weighted by molar-refractivity contribution is 0.684. The van der Waals surface area contributed by atoms with Gasteiger partial charge in [-0.3, -0.25) is 14.8 Å². The number of aromatic amines is 1. The van der Waals surface area contributed by atoms with Crippen LogP contribution in [0.1, 0.15) is 11.3 Å². The molecule has 0 amide bonds. The quantitative estimate of drug-likeness (QED) is 0.482. The summed E-state index contributed by atoms with van der Waals surface area (Å²) in [5, 5.41) is 17.5. The van der Waals surface area contributed by atoms with Crippen LogP contribution in [0.15, 0.2) is 47.8 Å². The van der Waals surface area contributed by atoms with Crippen molar-refractivity contribution in [1.82, 2.24) is 35.6 Å². The molecule has 0 aliphatic heterocycles. The predicted molar refractivity (Wildman–Crippen MR) is 92.1 cm³/mol. The summed E-state index contributed by atoms with van der Waals surface area (Å²) >= 11 is 0. The van der Waals surface area contributed by atoms with Crippen molar-refractivity contribution in [3.8, 4) is 11.4 Å². The molecule has 24 heavy (non-hydrogen) atoms. The number of hydrogen-bond donors (Lipinski definition) is 3. The molecule has 3 N–H and O–H groups in total. The molecule has 2 heterocycles. The van der Waals surface area contributed by atoms with Crippen molar-refractivity contribution in [1.29, 1.82) is 0 Å². The first-order chi connectivity index (χ1) is 11.8. The Morgan fingerprint density at radius 2 is 2.12 bits per heavy atom. The fraction of sp³-hybridized carbons (Fsp3) is 0.250. The maximum Gasteiger partial charge on any atom is 0.191 e. The van der Waals surface area contributed by atoms with Gasteiger partial charge in [-0.2, -0.15) is 10.2 Å². The molecule has 0 spiro atoms. The smallest absolute Gasteiger partial charge is 0.191 e. The van der Waals surface area contributed by atoms with Crippen LogP contribution in [0, 0.1) is 0 Å². The third-order valence-corrected chi connectivity index (χ3v) is 3.66. The molecular formula is C16H20N8. The van der Waals surface area contributed by atoms with E-state index in [-0.39, 0.29) is 0 Å². The van der Waals surface area contributed by atoms with E-state index >= 15 is 0 Å². The van der Waals surface area contributed by atoms with Gasteiger partial charge < -0.3 is 10.6 Å². The number of H-pyrrole nitrogens is 1. The van der Waals surface area contributed by atoms with Gasteiger partial charge >= 0.3 is 0 Å². The second-order valence-corrected chi connectivity index (χ2v) is 5.26. The van der Waals surface area contributed by atoms with Gasteiger partial charge in [-0.15, -0.1) is 0 Å². The maximum absolute atomic E-state index is 4.24. The van der Waals surface area contributed by atoms with Crippen LogP contribution in [0.2, 0.25) is 0 Å². The van der Waals surface area contributed by atoms with E-state index in [0.717, 1.165) is 28.6 Å². The topological polar surface area (TPSA) is 95.8 Å². The summed E-state index contributed by atoms with van der Waals surface area (Å²) in [6.07, 6.45) is 3.28.